The molecule has 0 aliphatic carbocycles. The van der Waals surface area contributed by atoms with E-state index in [0.717, 1.165) is 21.7 Å². The first-order valence-corrected chi connectivity index (χ1v) is 14.7. The van der Waals surface area contributed by atoms with E-state index in [1.165, 1.54) is 11.0 Å². The fourth-order valence-electron chi connectivity index (χ4n) is 4.08. The summed E-state index contributed by atoms with van der Waals surface area (Å²) in [5.41, 5.74) is 2.55. The molecule has 3 rings (SSSR count). The number of carbonyl (C=O) groups excluding carboxylic acids is 2. The van der Waals surface area contributed by atoms with Gasteiger partial charge in [-0.1, -0.05) is 71.7 Å². The molecule has 0 spiro atoms. The van der Waals surface area contributed by atoms with Gasteiger partial charge < -0.3 is 10.2 Å². The Labute approximate surface area is 234 Å². The van der Waals surface area contributed by atoms with Gasteiger partial charge in [0.05, 0.1) is 11.9 Å². The van der Waals surface area contributed by atoms with Gasteiger partial charge in [0.1, 0.15) is 12.6 Å². The largest absolute Gasteiger partial charge is 0.355 e. The number of halogens is 2. The normalized spacial score (nSPS) is 12.0. The van der Waals surface area contributed by atoms with Crippen molar-refractivity contribution >= 4 is 50.7 Å². The molecular weight excluding hydrogens is 545 g/mol. The first-order chi connectivity index (χ1) is 18.0. The van der Waals surface area contributed by atoms with E-state index in [-0.39, 0.29) is 18.9 Å². The molecule has 0 aromatic heterocycles. The van der Waals surface area contributed by atoms with Gasteiger partial charge in [-0.3, -0.25) is 13.9 Å². The minimum atomic E-state index is -3.87. The van der Waals surface area contributed by atoms with E-state index in [4.69, 9.17) is 23.2 Å². The first-order valence-electron chi connectivity index (χ1n) is 12.1. The molecule has 0 fully saturated rings. The van der Waals surface area contributed by atoms with E-state index in [9.17, 15) is 18.0 Å². The molecule has 0 radical (unpaired) electrons. The second-order valence-corrected chi connectivity index (χ2v) is 11.7. The highest BCUT2D eigenvalue weighted by Gasteiger charge is 2.33. The van der Waals surface area contributed by atoms with E-state index >= 15 is 0 Å². The highest BCUT2D eigenvalue weighted by Crippen LogP contribution is 2.27. The Morgan fingerprint density at radius 2 is 1.55 bits per heavy atom. The van der Waals surface area contributed by atoms with Crippen LogP contribution in [0.25, 0.3) is 0 Å². The van der Waals surface area contributed by atoms with Gasteiger partial charge >= 0.3 is 0 Å². The molecular formula is C28H31Cl2N3O4S. The maximum absolute atomic E-state index is 14.0. The summed E-state index contributed by atoms with van der Waals surface area (Å²) in [7, 11) is -3.87. The van der Waals surface area contributed by atoms with Gasteiger partial charge in [-0.25, -0.2) is 8.42 Å². The van der Waals surface area contributed by atoms with E-state index in [2.05, 4.69) is 5.32 Å². The predicted molar refractivity (Wildman–Crippen MR) is 153 cm³/mol. The summed E-state index contributed by atoms with van der Waals surface area (Å²) in [6.07, 6.45) is 1.29. The van der Waals surface area contributed by atoms with Crippen molar-refractivity contribution in [3.05, 3.63) is 99.5 Å². The molecule has 3 aromatic rings. The molecule has 0 saturated heterocycles. The molecule has 2 amide bonds. The third-order valence-corrected chi connectivity index (χ3v) is 7.62. The molecule has 202 valence electrons. The third kappa shape index (κ3) is 7.96. The van der Waals surface area contributed by atoms with Crippen molar-refractivity contribution in [1.29, 1.82) is 0 Å². The molecule has 10 heteroatoms. The maximum atomic E-state index is 14.0. The fraction of sp³-hybridized carbons (Fsp3) is 0.286. The first kappa shape index (κ1) is 29.5. The molecule has 7 nitrogen and oxygen atoms in total. The van der Waals surface area contributed by atoms with Gasteiger partial charge in [-0.05, 0) is 54.8 Å². The maximum Gasteiger partial charge on any atom is 0.244 e. The Balaban J connectivity index is 2.06. The van der Waals surface area contributed by atoms with Gasteiger partial charge in [-0.2, -0.15) is 0 Å². The second-order valence-electron chi connectivity index (χ2n) is 8.95. The van der Waals surface area contributed by atoms with Crippen LogP contribution in [0, 0.1) is 6.92 Å². The van der Waals surface area contributed by atoms with Crippen molar-refractivity contribution < 1.29 is 18.0 Å². The molecule has 1 N–H and O–H groups in total. The SMILES string of the molecule is CCNC(=O)C(Cc1ccccc1)N(Cc1ccc(Cl)cc1)C(=O)CN(c1cc(Cl)ccc1C)S(C)(=O)=O. The van der Waals surface area contributed by atoms with Gasteiger partial charge in [0, 0.05) is 29.6 Å². The fourth-order valence-corrected chi connectivity index (χ4v) is 5.27. The summed E-state index contributed by atoms with van der Waals surface area (Å²) in [6.45, 7) is 3.50. The average Bonchev–Trinajstić information content (AvgIpc) is 2.87. The molecule has 1 unspecified atom stereocenters. The van der Waals surface area contributed by atoms with E-state index in [1.54, 1.807) is 50.2 Å². The van der Waals surface area contributed by atoms with E-state index in [0.29, 0.717) is 27.8 Å². The molecule has 0 bridgehead atoms. The molecule has 0 saturated carbocycles. The van der Waals surface area contributed by atoms with E-state index < -0.39 is 28.5 Å². The summed E-state index contributed by atoms with van der Waals surface area (Å²) in [4.78, 5) is 28.7. The number of carbonyl (C=O) groups is 2. The summed E-state index contributed by atoms with van der Waals surface area (Å²) in [5, 5.41) is 3.70. The number of nitrogens with zero attached hydrogens (tertiary/aromatic N) is 2. The zero-order valence-electron chi connectivity index (χ0n) is 21.5. The molecule has 1 atom stereocenters. The number of likely N-dealkylation sites (N-methyl/N-ethyl adjacent to an activating group) is 1. The highest BCUT2D eigenvalue weighted by atomic mass is 35.5. The highest BCUT2D eigenvalue weighted by molar-refractivity contribution is 7.92. The second kappa shape index (κ2) is 13.1. The van der Waals surface area contributed by atoms with Crippen LogP contribution in [0.3, 0.4) is 0 Å². The van der Waals surface area contributed by atoms with Crippen molar-refractivity contribution in [3.8, 4) is 0 Å². The Hall–Kier alpha value is -3.07. The van der Waals surface area contributed by atoms with Gasteiger partial charge in [0.2, 0.25) is 21.8 Å². The average molecular weight is 577 g/mol. The van der Waals surface area contributed by atoms with Gasteiger partial charge in [-0.15, -0.1) is 0 Å². The lowest BCUT2D eigenvalue weighted by atomic mass is 10.0. The van der Waals surface area contributed by atoms with Crippen molar-refractivity contribution in [2.45, 2.75) is 32.9 Å². The van der Waals surface area contributed by atoms with Crippen molar-refractivity contribution in [2.75, 3.05) is 23.7 Å². The zero-order valence-corrected chi connectivity index (χ0v) is 23.9. The third-order valence-electron chi connectivity index (χ3n) is 6.01. The molecule has 0 heterocycles. The Morgan fingerprint density at radius 1 is 0.921 bits per heavy atom. The van der Waals surface area contributed by atoms with Crippen molar-refractivity contribution in [2.24, 2.45) is 0 Å². The van der Waals surface area contributed by atoms with Crippen molar-refractivity contribution in [1.82, 2.24) is 10.2 Å². The lowest BCUT2D eigenvalue weighted by Gasteiger charge is -2.33. The summed E-state index contributed by atoms with van der Waals surface area (Å²) in [6, 6.07) is 20.3. The van der Waals surface area contributed by atoms with Crippen LogP contribution in [0.1, 0.15) is 23.6 Å². The molecule has 38 heavy (non-hydrogen) atoms. The molecule has 0 aliphatic rings. The van der Waals surface area contributed by atoms with Crippen LogP contribution >= 0.6 is 23.2 Å². The number of rotatable bonds is 11. The minimum Gasteiger partial charge on any atom is -0.355 e. The molecule has 3 aromatic carbocycles. The number of hydrogen-bond donors (Lipinski definition) is 1. The number of benzene rings is 3. The Morgan fingerprint density at radius 3 is 2.16 bits per heavy atom. The monoisotopic (exact) mass is 575 g/mol. The summed E-state index contributed by atoms with van der Waals surface area (Å²) < 4.78 is 26.8. The number of aryl methyl sites for hydroxylation is 1. The number of sulfonamides is 1. The van der Waals surface area contributed by atoms with Crippen LogP contribution in [0.5, 0.6) is 0 Å². The minimum absolute atomic E-state index is 0.0801. The van der Waals surface area contributed by atoms with Gasteiger partial charge in [0.25, 0.3) is 0 Å². The number of nitrogens with one attached hydrogen (secondary N) is 1. The summed E-state index contributed by atoms with van der Waals surface area (Å²) in [5.74, 6) is -0.861. The van der Waals surface area contributed by atoms with Crippen LogP contribution in [0.2, 0.25) is 10.0 Å². The Kier molecular flexibility index (Phi) is 10.2. The van der Waals surface area contributed by atoms with Crippen LogP contribution in [0.4, 0.5) is 5.69 Å². The van der Waals surface area contributed by atoms with Crippen LogP contribution in [0.15, 0.2) is 72.8 Å². The number of anilines is 1. The quantitative estimate of drug-likeness (QED) is 0.354. The van der Waals surface area contributed by atoms with E-state index in [1.807, 2.05) is 30.3 Å². The van der Waals surface area contributed by atoms with Crippen LogP contribution in [-0.4, -0.2) is 50.5 Å². The topological polar surface area (TPSA) is 86.8 Å². The lowest BCUT2D eigenvalue weighted by molar-refractivity contribution is -0.140. The van der Waals surface area contributed by atoms with Crippen LogP contribution in [-0.2, 0) is 32.6 Å². The number of hydrogen-bond acceptors (Lipinski definition) is 4. The predicted octanol–water partition coefficient (Wildman–Crippen LogP) is 4.84. The van der Waals surface area contributed by atoms with Gasteiger partial charge in [0.15, 0.2) is 0 Å². The standard InChI is InChI=1S/C28H31Cl2N3O4S/c1-4-31-28(35)26(16-21-8-6-5-7-9-21)32(18-22-11-14-23(29)15-12-22)27(34)19-33(38(3,36)37)25-17-24(30)13-10-20(25)2/h5-15,17,26H,4,16,18-19H2,1-3H3,(H,31,35). The summed E-state index contributed by atoms with van der Waals surface area (Å²) >= 11 is 12.2. The number of amides is 2. The zero-order chi connectivity index (χ0) is 27.9. The van der Waals surface area contributed by atoms with Crippen LogP contribution < -0.4 is 9.62 Å². The molecule has 0 aliphatic heterocycles. The smallest absolute Gasteiger partial charge is 0.244 e. The lowest BCUT2D eigenvalue weighted by Crippen LogP contribution is -2.53. The van der Waals surface area contributed by atoms with Crippen molar-refractivity contribution in [3.63, 3.8) is 0 Å². The Bertz CT molecular complexity index is 1370.